The van der Waals surface area contributed by atoms with Crippen molar-refractivity contribution in [1.82, 2.24) is 9.55 Å². The summed E-state index contributed by atoms with van der Waals surface area (Å²) in [4.78, 5) is 42.3. The van der Waals surface area contributed by atoms with Crippen LogP contribution in [0, 0.1) is 17.2 Å². The number of aromatic nitrogens is 2. The topological polar surface area (TPSA) is 131 Å². The number of nitriles is 1. The number of carbonyl (C=O) groups is 3. The van der Waals surface area contributed by atoms with Crippen LogP contribution in [0.25, 0.3) is 11.0 Å². The second kappa shape index (κ2) is 11.2. The molecule has 8 nitrogen and oxygen atoms in total. The van der Waals surface area contributed by atoms with Gasteiger partial charge in [0, 0.05) is 30.4 Å². The highest BCUT2D eigenvalue weighted by Crippen LogP contribution is 2.33. The third-order valence-electron chi connectivity index (χ3n) is 7.02. The van der Waals surface area contributed by atoms with Gasteiger partial charge in [0.05, 0.1) is 22.7 Å². The zero-order valence-corrected chi connectivity index (χ0v) is 20.5. The molecule has 2 amide bonds. The Morgan fingerprint density at radius 1 is 1.14 bits per heavy atom. The lowest BCUT2D eigenvalue weighted by Crippen LogP contribution is -2.24. The quantitative estimate of drug-likeness (QED) is 0.454. The number of aryl methyl sites for hydroxylation is 1. The van der Waals surface area contributed by atoms with Crippen LogP contribution in [0.15, 0.2) is 42.5 Å². The first-order chi connectivity index (χ1) is 17.4. The molecule has 1 heterocycles. The number of imidazole rings is 1. The fraction of sp³-hybridized carbons (Fsp3) is 0.393. The monoisotopic (exact) mass is 485 g/mol. The summed E-state index contributed by atoms with van der Waals surface area (Å²) < 4.78 is 1.76. The first-order valence-corrected chi connectivity index (χ1v) is 12.5. The number of nitrogens with one attached hydrogen (secondary N) is 1. The molecule has 1 saturated carbocycles. The second-order valence-corrected chi connectivity index (χ2v) is 9.39. The maximum absolute atomic E-state index is 13.3. The van der Waals surface area contributed by atoms with Crippen molar-refractivity contribution in [3.8, 4) is 6.07 Å². The third kappa shape index (κ3) is 5.46. The summed E-state index contributed by atoms with van der Waals surface area (Å²) >= 11 is 0. The Morgan fingerprint density at radius 3 is 2.50 bits per heavy atom. The summed E-state index contributed by atoms with van der Waals surface area (Å²) in [5.41, 5.74) is 8.53. The number of anilines is 1. The molecular formula is C28H31N5O3. The van der Waals surface area contributed by atoms with E-state index in [0.717, 1.165) is 36.8 Å². The lowest BCUT2D eigenvalue weighted by molar-refractivity contribution is -0.125. The van der Waals surface area contributed by atoms with Gasteiger partial charge in [0.2, 0.25) is 11.9 Å². The van der Waals surface area contributed by atoms with Crippen molar-refractivity contribution in [2.75, 3.05) is 5.32 Å². The Morgan fingerprint density at radius 2 is 1.86 bits per heavy atom. The Bertz CT molecular complexity index is 1310. The van der Waals surface area contributed by atoms with E-state index in [1.54, 1.807) is 28.8 Å². The molecule has 36 heavy (non-hydrogen) atoms. The predicted molar refractivity (Wildman–Crippen MR) is 137 cm³/mol. The van der Waals surface area contributed by atoms with Crippen molar-refractivity contribution in [3.05, 3.63) is 59.2 Å². The van der Waals surface area contributed by atoms with Crippen LogP contribution in [0.5, 0.6) is 0 Å². The minimum Gasteiger partial charge on any atom is -0.370 e. The second-order valence-electron chi connectivity index (χ2n) is 9.39. The van der Waals surface area contributed by atoms with E-state index in [0.29, 0.717) is 34.8 Å². The summed E-state index contributed by atoms with van der Waals surface area (Å²) in [5.74, 6) is -0.306. The van der Waals surface area contributed by atoms with E-state index in [-0.39, 0.29) is 30.7 Å². The third-order valence-corrected chi connectivity index (χ3v) is 7.02. The van der Waals surface area contributed by atoms with Crippen molar-refractivity contribution in [1.29, 1.82) is 5.26 Å². The smallest absolute Gasteiger partial charge is 0.257 e. The Balaban J connectivity index is 1.65. The van der Waals surface area contributed by atoms with Crippen molar-refractivity contribution >= 4 is 34.6 Å². The molecule has 1 aliphatic rings. The van der Waals surface area contributed by atoms with Gasteiger partial charge in [0.25, 0.3) is 5.91 Å². The molecule has 3 aromatic rings. The number of nitrogens with two attached hydrogens (primary N) is 1. The van der Waals surface area contributed by atoms with Gasteiger partial charge in [-0.1, -0.05) is 32.3 Å². The fourth-order valence-electron chi connectivity index (χ4n) is 5.05. The van der Waals surface area contributed by atoms with Crippen molar-refractivity contribution < 1.29 is 14.4 Å². The predicted octanol–water partition coefficient (Wildman–Crippen LogP) is 4.68. The number of hydrogen-bond donors (Lipinski definition) is 2. The van der Waals surface area contributed by atoms with Crippen LogP contribution >= 0.6 is 0 Å². The van der Waals surface area contributed by atoms with E-state index >= 15 is 0 Å². The average Bonchev–Trinajstić information content (AvgIpc) is 3.24. The Kier molecular flexibility index (Phi) is 7.79. The molecule has 1 unspecified atom stereocenters. The molecule has 0 bridgehead atoms. The first-order valence-electron chi connectivity index (χ1n) is 12.5. The van der Waals surface area contributed by atoms with Crippen molar-refractivity contribution in [2.45, 2.75) is 64.3 Å². The lowest BCUT2D eigenvalue weighted by Gasteiger charge is -2.25. The summed E-state index contributed by atoms with van der Waals surface area (Å²) in [6, 6.07) is 14.1. The number of benzene rings is 2. The maximum atomic E-state index is 13.3. The van der Waals surface area contributed by atoms with Crippen LogP contribution in [0.3, 0.4) is 0 Å². The Labute approximate surface area is 210 Å². The number of rotatable bonds is 9. The van der Waals surface area contributed by atoms with E-state index in [1.165, 1.54) is 6.42 Å². The van der Waals surface area contributed by atoms with Crippen molar-refractivity contribution in [3.63, 3.8) is 0 Å². The van der Waals surface area contributed by atoms with Gasteiger partial charge in [-0.3, -0.25) is 19.7 Å². The van der Waals surface area contributed by atoms with Gasteiger partial charge in [0.1, 0.15) is 5.78 Å². The highest BCUT2D eigenvalue weighted by molar-refractivity contribution is 6.04. The molecule has 1 atom stereocenters. The highest BCUT2D eigenvalue weighted by atomic mass is 16.2. The number of primary amides is 1. The van der Waals surface area contributed by atoms with Crippen LogP contribution in [-0.4, -0.2) is 27.1 Å². The number of carbonyl (C=O) groups excluding carboxylic acids is 3. The summed E-state index contributed by atoms with van der Waals surface area (Å²) in [5, 5.41) is 11.8. The molecule has 186 valence electrons. The minimum atomic E-state index is -0.457. The molecule has 0 spiro atoms. The van der Waals surface area contributed by atoms with Gasteiger partial charge in [0.15, 0.2) is 0 Å². The SMILES string of the molecule is CCC(C(=O)C1CCCCC1)c1ccc2c(c1)nc(NC(=O)c1ccc(C#N)cc1)n2CCC(N)=O. The molecule has 0 aliphatic heterocycles. The summed E-state index contributed by atoms with van der Waals surface area (Å²) in [6.07, 6.45) is 6.15. The van der Waals surface area contributed by atoms with E-state index < -0.39 is 5.91 Å². The number of fused-ring (bicyclic) bond motifs is 1. The van der Waals surface area contributed by atoms with E-state index in [9.17, 15) is 14.4 Å². The number of Topliss-reactive ketones (excluding diaryl/α,β-unsaturated/α-hetero) is 1. The van der Waals surface area contributed by atoms with Gasteiger partial charge in [-0.2, -0.15) is 5.26 Å². The summed E-state index contributed by atoms with van der Waals surface area (Å²) in [6.45, 7) is 2.29. The van der Waals surface area contributed by atoms with Crippen LogP contribution in [0.2, 0.25) is 0 Å². The molecule has 0 radical (unpaired) electrons. The molecular weight excluding hydrogens is 454 g/mol. The van der Waals surface area contributed by atoms with Crippen molar-refractivity contribution in [2.24, 2.45) is 11.7 Å². The molecule has 2 aromatic carbocycles. The van der Waals surface area contributed by atoms with E-state index in [2.05, 4.69) is 10.3 Å². The van der Waals surface area contributed by atoms with Gasteiger partial charge >= 0.3 is 0 Å². The van der Waals surface area contributed by atoms with Gasteiger partial charge in [-0.05, 0) is 61.2 Å². The lowest BCUT2D eigenvalue weighted by atomic mass is 9.78. The molecule has 4 rings (SSSR count). The van der Waals surface area contributed by atoms with Crippen LogP contribution in [0.4, 0.5) is 5.95 Å². The zero-order chi connectivity index (χ0) is 25.7. The van der Waals surface area contributed by atoms with Crippen LogP contribution < -0.4 is 11.1 Å². The number of nitrogens with zero attached hydrogens (tertiary/aromatic N) is 3. The molecule has 3 N–H and O–H groups in total. The Hall–Kier alpha value is -3.99. The molecule has 8 heteroatoms. The first kappa shape index (κ1) is 25.1. The van der Waals surface area contributed by atoms with E-state index in [4.69, 9.17) is 11.0 Å². The number of hydrogen-bond acceptors (Lipinski definition) is 5. The molecule has 1 aromatic heterocycles. The van der Waals surface area contributed by atoms with Gasteiger partial charge < -0.3 is 10.3 Å². The fourth-order valence-corrected chi connectivity index (χ4v) is 5.05. The molecule has 0 saturated heterocycles. The van der Waals surface area contributed by atoms with Gasteiger partial charge in [-0.15, -0.1) is 0 Å². The van der Waals surface area contributed by atoms with E-state index in [1.807, 2.05) is 31.2 Å². The number of amides is 2. The van der Waals surface area contributed by atoms with Gasteiger partial charge in [-0.25, -0.2) is 4.98 Å². The zero-order valence-electron chi connectivity index (χ0n) is 20.5. The molecule has 1 fully saturated rings. The average molecular weight is 486 g/mol. The normalized spacial score (nSPS) is 14.8. The van der Waals surface area contributed by atoms with Crippen LogP contribution in [-0.2, 0) is 16.1 Å². The summed E-state index contributed by atoms with van der Waals surface area (Å²) in [7, 11) is 0. The maximum Gasteiger partial charge on any atom is 0.257 e. The standard InChI is InChI=1S/C28H31N5O3/c1-2-22(26(35)19-6-4-3-5-7-19)21-12-13-24-23(16-21)31-28(33(24)15-14-25(30)34)32-27(36)20-10-8-18(17-29)9-11-20/h8-13,16,19,22H,2-7,14-15H2,1H3,(H2,30,34)(H,31,32,36). The minimum absolute atomic E-state index is 0.0880. The van der Waals surface area contributed by atoms with Crippen LogP contribution in [0.1, 0.15) is 79.3 Å². The number of ketones is 1. The highest BCUT2D eigenvalue weighted by Gasteiger charge is 2.28. The largest absolute Gasteiger partial charge is 0.370 e. The molecule has 1 aliphatic carbocycles.